The van der Waals surface area contributed by atoms with Crippen LogP contribution in [0.2, 0.25) is 0 Å². The highest BCUT2D eigenvalue weighted by Crippen LogP contribution is 2.50. The number of benzene rings is 8. The topological polar surface area (TPSA) is 32.8 Å². The Morgan fingerprint density at radius 2 is 0.923 bits per heavy atom. The van der Waals surface area contributed by atoms with Gasteiger partial charge in [-0.2, -0.15) is 0 Å². The van der Waals surface area contributed by atoms with Crippen LogP contribution < -0.4 is 26.2 Å². The average molecular weight is 845 g/mol. The Labute approximate surface area is 382 Å². The van der Waals surface area contributed by atoms with Crippen molar-refractivity contribution in [3.8, 4) is 11.1 Å². The lowest BCUT2D eigenvalue weighted by Crippen LogP contribution is -2.61. The summed E-state index contributed by atoms with van der Waals surface area (Å²) < 4.78 is 13.1. The maximum atomic E-state index is 6.59. The van der Waals surface area contributed by atoms with E-state index in [-0.39, 0.29) is 23.0 Å². The van der Waals surface area contributed by atoms with Gasteiger partial charge in [0.15, 0.2) is 0 Å². The summed E-state index contributed by atoms with van der Waals surface area (Å²) in [5.41, 5.74) is 20.5. The minimum absolute atomic E-state index is 0.000173. The van der Waals surface area contributed by atoms with E-state index in [9.17, 15) is 0 Å². The molecule has 4 heterocycles. The van der Waals surface area contributed by atoms with Crippen LogP contribution in [-0.4, -0.2) is 6.71 Å². The van der Waals surface area contributed by atoms with Gasteiger partial charge in [-0.1, -0.05) is 159 Å². The van der Waals surface area contributed by atoms with Gasteiger partial charge in [0.1, 0.15) is 22.3 Å². The van der Waals surface area contributed by atoms with Crippen molar-refractivity contribution >= 4 is 101 Å². The Hall–Kier alpha value is -6.98. The van der Waals surface area contributed by atoms with Crippen LogP contribution in [0, 0.1) is 0 Å². The maximum Gasteiger partial charge on any atom is 0.252 e. The van der Waals surface area contributed by atoms with Crippen LogP contribution in [0.3, 0.4) is 0 Å². The van der Waals surface area contributed by atoms with E-state index in [4.69, 9.17) is 8.83 Å². The quantitative estimate of drug-likeness (QED) is 0.166. The summed E-state index contributed by atoms with van der Waals surface area (Å²) in [6.45, 7) is 20.9. The number of hydrogen-bond donors (Lipinski definition) is 0. The highest BCUT2D eigenvalue weighted by atomic mass is 16.3. The van der Waals surface area contributed by atoms with Crippen LogP contribution >= 0.6 is 0 Å². The van der Waals surface area contributed by atoms with Gasteiger partial charge in [-0.15, -0.1) is 0 Å². The zero-order valence-corrected chi connectivity index (χ0v) is 38.8. The Bertz CT molecular complexity index is 3570. The molecule has 2 aliphatic rings. The second-order valence-corrected chi connectivity index (χ2v) is 21.4. The SMILES string of the molecule is CC(C)(C)c1ccc2c(c1)N(c1ccc(-c3cccc4c3oc3ccccc34)cc1)c1cc(C(C)(C)C)cc3c1B2c1ccc(C(C)(C)C)cc1N3c1cccc2oc3ccccc3c12. The molecule has 0 N–H and O–H groups in total. The molecule has 12 rings (SSSR count). The molecule has 0 saturated carbocycles. The molecule has 65 heavy (non-hydrogen) atoms. The van der Waals surface area contributed by atoms with E-state index in [0.717, 1.165) is 66.4 Å². The number of para-hydroxylation sites is 3. The van der Waals surface area contributed by atoms with Gasteiger partial charge in [0.2, 0.25) is 0 Å². The van der Waals surface area contributed by atoms with Crippen LogP contribution in [0.15, 0.2) is 167 Å². The van der Waals surface area contributed by atoms with Gasteiger partial charge < -0.3 is 18.6 Å². The fraction of sp³-hybridized carbons (Fsp3) is 0.200. The Balaban J connectivity index is 1.15. The van der Waals surface area contributed by atoms with E-state index in [2.05, 4.69) is 224 Å². The van der Waals surface area contributed by atoms with E-state index in [0.29, 0.717) is 0 Å². The minimum atomic E-state index is -0.150. The van der Waals surface area contributed by atoms with Crippen LogP contribution in [0.4, 0.5) is 34.1 Å². The molecule has 0 spiro atoms. The predicted molar refractivity (Wildman–Crippen MR) is 277 cm³/mol. The van der Waals surface area contributed by atoms with Gasteiger partial charge in [0.05, 0.1) is 11.1 Å². The number of nitrogens with zero attached hydrogens (tertiary/aromatic N) is 2. The van der Waals surface area contributed by atoms with E-state index < -0.39 is 0 Å². The summed E-state index contributed by atoms with van der Waals surface area (Å²) in [4.78, 5) is 5.13. The number of rotatable bonds is 3. The van der Waals surface area contributed by atoms with Crippen molar-refractivity contribution in [3.05, 3.63) is 174 Å². The Morgan fingerprint density at radius 3 is 1.57 bits per heavy atom. The number of hydrogen-bond acceptors (Lipinski definition) is 4. The third-order valence-corrected chi connectivity index (χ3v) is 14.1. The third-order valence-electron chi connectivity index (χ3n) is 14.1. The summed E-state index contributed by atoms with van der Waals surface area (Å²) >= 11 is 0. The number of furan rings is 2. The van der Waals surface area contributed by atoms with Crippen molar-refractivity contribution in [1.82, 2.24) is 0 Å². The summed E-state index contributed by atoms with van der Waals surface area (Å²) in [5, 5.41) is 4.52. The van der Waals surface area contributed by atoms with Crippen molar-refractivity contribution in [1.29, 1.82) is 0 Å². The molecule has 0 atom stereocenters. The molecule has 0 fully saturated rings. The molecular formula is C60H53BN2O2. The first-order valence-corrected chi connectivity index (χ1v) is 23.1. The first kappa shape index (κ1) is 39.6. The summed E-state index contributed by atoms with van der Waals surface area (Å²) in [6, 6.07) is 58.5. The van der Waals surface area contributed by atoms with Crippen molar-refractivity contribution in [3.63, 3.8) is 0 Å². The van der Waals surface area contributed by atoms with Gasteiger partial charge in [0.25, 0.3) is 6.71 Å². The van der Waals surface area contributed by atoms with E-state index >= 15 is 0 Å². The average Bonchev–Trinajstić information content (AvgIpc) is 3.87. The third kappa shape index (κ3) is 6.04. The maximum absolute atomic E-state index is 6.59. The zero-order chi connectivity index (χ0) is 44.7. The first-order valence-electron chi connectivity index (χ1n) is 23.1. The molecule has 2 aromatic heterocycles. The zero-order valence-electron chi connectivity index (χ0n) is 38.8. The fourth-order valence-electron chi connectivity index (χ4n) is 10.6. The van der Waals surface area contributed by atoms with E-state index in [1.807, 2.05) is 6.07 Å². The monoisotopic (exact) mass is 844 g/mol. The minimum Gasteiger partial charge on any atom is -0.456 e. The van der Waals surface area contributed by atoms with Gasteiger partial charge in [-0.05, 0) is 116 Å². The molecule has 0 unspecified atom stereocenters. The van der Waals surface area contributed by atoms with Crippen LogP contribution in [0.1, 0.15) is 79.0 Å². The smallest absolute Gasteiger partial charge is 0.252 e. The standard InChI is InChI=1S/C60H53BN2O2/c1-58(2,3)37-26-30-45-48(32-37)62(40-28-24-36(25-29-40)41-18-14-19-43-42-16-10-12-21-52(42)65-57(41)43)50-34-39(60(7,8)9)35-51-56(50)61(45)46-31-27-38(59(4,5)6)33-49(46)63(51)47-20-15-23-54-55(47)44-17-11-13-22-53(44)64-54/h10-35H,1-9H3. The lowest BCUT2D eigenvalue weighted by Gasteiger charge is -2.45. The molecule has 5 heteroatoms. The van der Waals surface area contributed by atoms with Gasteiger partial charge in [-0.3, -0.25) is 0 Å². The summed E-state index contributed by atoms with van der Waals surface area (Å²) in [6.07, 6.45) is 0. The molecule has 4 nitrogen and oxygen atoms in total. The lowest BCUT2D eigenvalue weighted by molar-refractivity contribution is 0.590. The van der Waals surface area contributed by atoms with E-state index in [1.165, 1.54) is 55.8 Å². The lowest BCUT2D eigenvalue weighted by atomic mass is 9.33. The van der Waals surface area contributed by atoms with Crippen molar-refractivity contribution in [2.45, 2.75) is 78.6 Å². The normalized spacial score (nSPS) is 13.8. The van der Waals surface area contributed by atoms with Gasteiger partial charge in [0, 0.05) is 50.2 Å². The van der Waals surface area contributed by atoms with Crippen molar-refractivity contribution < 1.29 is 8.83 Å². The predicted octanol–water partition coefficient (Wildman–Crippen LogP) is 15.1. The second kappa shape index (κ2) is 13.8. The first-order chi connectivity index (χ1) is 31.1. The van der Waals surface area contributed by atoms with Crippen LogP contribution in [0.25, 0.3) is 55.0 Å². The molecule has 0 bridgehead atoms. The molecule has 0 aliphatic carbocycles. The van der Waals surface area contributed by atoms with E-state index in [1.54, 1.807) is 0 Å². The highest BCUT2D eigenvalue weighted by molar-refractivity contribution is 7.00. The Morgan fingerprint density at radius 1 is 0.400 bits per heavy atom. The molecular weight excluding hydrogens is 791 g/mol. The largest absolute Gasteiger partial charge is 0.456 e. The number of fused-ring (bicyclic) bond motifs is 10. The van der Waals surface area contributed by atoms with Gasteiger partial charge in [-0.25, -0.2) is 0 Å². The highest BCUT2D eigenvalue weighted by Gasteiger charge is 2.45. The molecule has 2 aliphatic heterocycles. The fourth-order valence-corrected chi connectivity index (χ4v) is 10.6. The molecule has 0 radical (unpaired) electrons. The van der Waals surface area contributed by atoms with Crippen LogP contribution in [-0.2, 0) is 16.2 Å². The molecule has 0 saturated heterocycles. The van der Waals surface area contributed by atoms with Crippen molar-refractivity contribution in [2.24, 2.45) is 0 Å². The van der Waals surface area contributed by atoms with Gasteiger partial charge >= 0.3 is 0 Å². The summed E-state index contributed by atoms with van der Waals surface area (Å²) in [7, 11) is 0. The molecule has 8 aromatic carbocycles. The molecule has 10 aromatic rings. The second-order valence-electron chi connectivity index (χ2n) is 21.4. The summed E-state index contributed by atoms with van der Waals surface area (Å²) in [5.74, 6) is 0. The van der Waals surface area contributed by atoms with Crippen LogP contribution in [0.5, 0.6) is 0 Å². The molecule has 0 amide bonds. The Kier molecular flexibility index (Phi) is 8.39. The molecule has 318 valence electrons. The van der Waals surface area contributed by atoms with Crippen molar-refractivity contribution in [2.75, 3.05) is 9.80 Å². The number of anilines is 6.